The van der Waals surface area contributed by atoms with E-state index in [9.17, 15) is 0 Å². The van der Waals surface area contributed by atoms with Crippen molar-refractivity contribution in [2.45, 2.75) is 33.1 Å². The number of nitrogens with zero attached hydrogens (tertiary/aromatic N) is 3. The maximum absolute atomic E-state index is 5.25. The molecule has 0 saturated carbocycles. The first-order valence-electron chi connectivity index (χ1n) is 7.56. The lowest BCUT2D eigenvalue weighted by Crippen LogP contribution is -2.35. The van der Waals surface area contributed by atoms with E-state index in [2.05, 4.69) is 33.2 Å². The van der Waals surface area contributed by atoms with Crippen LogP contribution >= 0.6 is 0 Å². The summed E-state index contributed by atoms with van der Waals surface area (Å²) in [6.45, 7) is 8.04. The van der Waals surface area contributed by atoms with Crippen LogP contribution in [0.25, 0.3) is 0 Å². The summed E-state index contributed by atoms with van der Waals surface area (Å²) >= 11 is 0. The molecule has 2 heterocycles. The van der Waals surface area contributed by atoms with Crippen molar-refractivity contribution in [3.05, 3.63) is 11.9 Å². The van der Waals surface area contributed by atoms with E-state index in [1.165, 1.54) is 12.8 Å². The molecule has 1 aromatic rings. The number of aryl methyl sites for hydroxylation is 1. The highest BCUT2D eigenvalue weighted by atomic mass is 16.5. The van der Waals surface area contributed by atoms with Crippen molar-refractivity contribution in [3.63, 3.8) is 0 Å². The van der Waals surface area contributed by atoms with Crippen molar-refractivity contribution in [1.82, 2.24) is 9.97 Å². The number of ether oxygens (including phenoxy) is 1. The van der Waals surface area contributed by atoms with Crippen molar-refractivity contribution in [2.75, 3.05) is 43.6 Å². The predicted molar refractivity (Wildman–Crippen MR) is 82.4 cm³/mol. The second kappa shape index (κ2) is 7.43. The Morgan fingerprint density at radius 2 is 2.10 bits per heavy atom. The Hall–Kier alpha value is -1.36. The molecule has 1 fully saturated rings. The Labute approximate surface area is 121 Å². The standard InChI is InChI=1S/C15H26N4O/c1-4-7-16-14-10-15(18-12(2)17-14)19-8-5-13(6-9-19)11-20-3/h10,13H,4-9,11H2,1-3H3,(H,16,17,18). The Kier molecular flexibility index (Phi) is 5.59. The summed E-state index contributed by atoms with van der Waals surface area (Å²) in [6.07, 6.45) is 3.45. The number of hydrogen-bond donors (Lipinski definition) is 1. The number of anilines is 2. The van der Waals surface area contributed by atoms with Gasteiger partial charge in [-0.15, -0.1) is 0 Å². The second-order valence-corrected chi connectivity index (χ2v) is 5.47. The number of piperidine rings is 1. The van der Waals surface area contributed by atoms with E-state index in [0.29, 0.717) is 5.92 Å². The number of methoxy groups -OCH3 is 1. The molecule has 1 aromatic heterocycles. The lowest BCUT2D eigenvalue weighted by Gasteiger charge is -2.32. The summed E-state index contributed by atoms with van der Waals surface area (Å²) in [5.41, 5.74) is 0. The van der Waals surface area contributed by atoms with Crippen LogP contribution in [0.2, 0.25) is 0 Å². The van der Waals surface area contributed by atoms with Gasteiger partial charge < -0.3 is 15.0 Å². The molecule has 1 N–H and O–H groups in total. The monoisotopic (exact) mass is 278 g/mol. The van der Waals surface area contributed by atoms with Gasteiger partial charge in [0, 0.05) is 39.4 Å². The highest BCUT2D eigenvalue weighted by molar-refractivity contribution is 5.49. The van der Waals surface area contributed by atoms with E-state index in [1.54, 1.807) is 7.11 Å². The van der Waals surface area contributed by atoms with Gasteiger partial charge in [0.05, 0.1) is 0 Å². The molecule has 0 bridgehead atoms. The molecule has 0 unspecified atom stereocenters. The van der Waals surface area contributed by atoms with Gasteiger partial charge in [0.25, 0.3) is 0 Å². The Bertz CT molecular complexity index is 416. The molecule has 5 nitrogen and oxygen atoms in total. The minimum atomic E-state index is 0.692. The highest BCUT2D eigenvalue weighted by Crippen LogP contribution is 2.23. The van der Waals surface area contributed by atoms with E-state index in [0.717, 1.165) is 50.1 Å². The average Bonchev–Trinajstić information content (AvgIpc) is 2.46. The van der Waals surface area contributed by atoms with Crippen LogP contribution in [0.1, 0.15) is 32.0 Å². The quantitative estimate of drug-likeness (QED) is 0.866. The van der Waals surface area contributed by atoms with E-state index in [4.69, 9.17) is 4.74 Å². The minimum absolute atomic E-state index is 0.692. The van der Waals surface area contributed by atoms with Crippen LogP contribution in [0.3, 0.4) is 0 Å². The minimum Gasteiger partial charge on any atom is -0.384 e. The molecular weight excluding hydrogens is 252 g/mol. The van der Waals surface area contributed by atoms with Gasteiger partial charge in [-0.2, -0.15) is 0 Å². The molecular formula is C15H26N4O. The van der Waals surface area contributed by atoms with Gasteiger partial charge in [0.15, 0.2) is 0 Å². The molecule has 0 aliphatic carbocycles. The fraction of sp³-hybridized carbons (Fsp3) is 0.733. The van der Waals surface area contributed by atoms with Gasteiger partial charge in [-0.1, -0.05) is 6.92 Å². The lowest BCUT2D eigenvalue weighted by molar-refractivity contribution is 0.139. The van der Waals surface area contributed by atoms with Crippen molar-refractivity contribution in [1.29, 1.82) is 0 Å². The van der Waals surface area contributed by atoms with Crippen molar-refractivity contribution in [2.24, 2.45) is 5.92 Å². The Morgan fingerprint density at radius 1 is 1.35 bits per heavy atom. The normalized spacial score (nSPS) is 16.4. The SMILES string of the molecule is CCCNc1cc(N2CCC(COC)CC2)nc(C)n1. The third-order valence-electron chi connectivity index (χ3n) is 3.72. The first-order chi connectivity index (χ1) is 9.72. The van der Waals surface area contributed by atoms with E-state index in [-0.39, 0.29) is 0 Å². The zero-order valence-corrected chi connectivity index (χ0v) is 12.9. The molecule has 0 radical (unpaired) electrons. The first kappa shape index (κ1) is 15.0. The first-order valence-corrected chi connectivity index (χ1v) is 7.56. The van der Waals surface area contributed by atoms with Gasteiger partial charge in [-0.05, 0) is 32.1 Å². The summed E-state index contributed by atoms with van der Waals surface area (Å²) in [6, 6.07) is 2.07. The number of rotatable bonds is 6. The zero-order chi connectivity index (χ0) is 14.4. The third kappa shape index (κ3) is 4.07. The van der Waals surface area contributed by atoms with Crippen LogP contribution in [0.15, 0.2) is 6.07 Å². The molecule has 5 heteroatoms. The highest BCUT2D eigenvalue weighted by Gasteiger charge is 2.20. The molecule has 1 saturated heterocycles. The number of aromatic nitrogens is 2. The average molecular weight is 278 g/mol. The summed E-state index contributed by atoms with van der Waals surface area (Å²) < 4.78 is 5.25. The number of hydrogen-bond acceptors (Lipinski definition) is 5. The molecule has 0 atom stereocenters. The second-order valence-electron chi connectivity index (χ2n) is 5.47. The molecule has 0 amide bonds. The van der Waals surface area contributed by atoms with Crippen molar-refractivity contribution < 1.29 is 4.74 Å². The molecule has 0 spiro atoms. The Balaban J connectivity index is 2.00. The molecule has 2 rings (SSSR count). The van der Waals surface area contributed by atoms with E-state index < -0.39 is 0 Å². The van der Waals surface area contributed by atoms with E-state index >= 15 is 0 Å². The summed E-state index contributed by atoms with van der Waals surface area (Å²) in [4.78, 5) is 11.4. The fourth-order valence-corrected chi connectivity index (χ4v) is 2.62. The van der Waals surface area contributed by atoms with Crippen LogP contribution in [-0.4, -0.2) is 43.3 Å². The topological polar surface area (TPSA) is 50.3 Å². The lowest BCUT2D eigenvalue weighted by atomic mass is 9.98. The van der Waals surface area contributed by atoms with Crippen LogP contribution < -0.4 is 10.2 Å². The van der Waals surface area contributed by atoms with Gasteiger partial charge in [-0.3, -0.25) is 0 Å². The summed E-state index contributed by atoms with van der Waals surface area (Å²) in [5.74, 6) is 3.51. The molecule has 1 aliphatic rings. The maximum Gasteiger partial charge on any atom is 0.134 e. The van der Waals surface area contributed by atoms with Crippen molar-refractivity contribution in [3.8, 4) is 0 Å². The van der Waals surface area contributed by atoms with Crippen LogP contribution in [0.5, 0.6) is 0 Å². The van der Waals surface area contributed by atoms with Gasteiger partial charge in [0.2, 0.25) is 0 Å². The zero-order valence-electron chi connectivity index (χ0n) is 12.9. The van der Waals surface area contributed by atoms with E-state index in [1.807, 2.05) is 6.92 Å². The molecule has 0 aromatic carbocycles. The van der Waals surface area contributed by atoms with Crippen LogP contribution in [0, 0.1) is 12.8 Å². The van der Waals surface area contributed by atoms with Crippen LogP contribution in [0.4, 0.5) is 11.6 Å². The van der Waals surface area contributed by atoms with Gasteiger partial charge in [0.1, 0.15) is 17.5 Å². The fourth-order valence-electron chi connectivity index (χ4n) is 2.62. The maximum atomic E-state index is 5.25. The van der Waals surface area contributed by atoms with Crippen LogP contribution in [-0.2, 0) is 4.74 Å². The largest absolute Gasteiger partial charge is 0.384 e. The van der Waals surface area contributed by atoms with Gasteiger partial charge >= 0.3 is 0 Å². The smallest absolute Gasteiger partial charge is 0.134 e. The third-order valence-corrected chi connectivity index (χ3v) is 3.72. The van der Waals surface area contributed by atoms with Crippen molar-refractivity contribution >= 4 is 11.6 Å². The molecule has 20 heavy (non-hydrogen) atoms. The molecule has 1 aliphatic heterocycles. The summed E-state index contributed by atoms with van der Waals surface area (Å²) in [7, 11) is 1.78. The molecule has 112 valence electrons. The van der Waals surface area contributed by atoms with Gasteiger partial charge in [-0.25, -0.2) is 9.97 Å². The predicted octanol–water partition coefficient (Wildman–Crippen LogP) is 2.47. The Morgan fingerprint density at radius 3 is 2.75 bits per heavy atom. The number of nitrogens with one attached hydrogen (secondary N) is 1. The summed E-state index contributed by atoms with van der Waals surface area (Å²) in [5, 5.41) is 3.35.